The van der Waals surface area contributed by atoms with Gasteiger partial charge in [-0.15, -0.1) is 0 Å². The van der Waals surface area contributed by atoms with Gasteiger partial charge in [0.25, 0.3) is 0 Å². The van der Waals surface area contributed by atoms with Crippen LogP contribution in [0.1, 0.15) is 48.3 Å². The molecule has 2 aromatic rings. The third kappa shape index (κ3) is 4.14. The Hall–Kier alpha value is -1.68. The molecule has 3 nitrogen and oxygen atoms in total. The van der Waals surface area contributed by atoms with Crippen LogP contribution in [-0.2, 0) is 18.0 Å². The first-order chi connectivity index (χ1) is 10.1. The van der Waals surface area contributed by atoms with E-state index >= 15 is 0 Å². The molecule has 0 saturated heterocycles. The Morgan fingerprint density at radius 2 is 1.14 bits per heavy atom. The fourth-order valence-electron chi connectivity index (χ4n) is 2.42. The normalized spacial score (nSPS) is 13.9. The Morgan fingerprint density at radius 3 is 1.52 bits per heavy atom. The lowest BCUT2D eigenvalue weighted by Crippen LogP contribution is -2.03. The van der Waals surface area contributed by atoms with E-state index in [9.17, 15) is 10.2 Å². The highest BCUT2D eigenvalue weighted by atomic mass is 16.5. The van der Waals surface area contributed by atoms with Crippen LogP contribution in [0, 0.1) is 0 Å². The topological polar surface area (TPSA) is 49.7 Å². The average Bonchev–Trinajstić information content (AvgIpc) is 2.48. The van der Waals surface area contributed by atoms with E-state index in [0.717, 1.165) is 22.3 Å². The summed E-state index contributed by atoms with van der Waals surface area (Å²) in [5.74, 6) is 0. The molecule has 0 bridgehead atoms. The quantitative estimate of drug-likeness (QED) is 0.854. The first-order valence-corrected chi connectivity index (χ1v) is 7.19. The summed E-state index contributed by atoms with van der Waals surface area (Å²) in [6.45, 7) is 4.38. The number of hydrogen-bond acceptors (Lipinski definition) is 3. The van der Waals surface area contributed by atoms with Crippen LogP contribution in [0.25, 0.3) is 0 Å². The highest BCUT2D eigenvalue weighted by Gasteiger charge is 2.09. The summed E-state index contributed by atoms with van der Waals surface area (Å²) in [4.78, 5) is 0. The molecule has 2 aromatic carbocycles. The Labute approximate surface area is 125 Å². The maximum Gasteiger partial charge on any atom is 0.0765 e. The summed E-state index contributed by atoms with van der Waals surface area (Å²) in [5, 5.41) is 19.5. The standard InChI is InChI=1S/C18H22O3/c1-13(19)17-9-5-3-7-15(17)11-21-12-16-8-4-6-10-18(16)14(2)20/h3-10,13-14,19-20H,11-12H2,1-2H3. The Bertz CT molecular complexity index is 525. The Morgan fingerprint density at radius 1 is 0.762 bits per heavy atom. The van der Waals surface area contributed by atoms with Gasteiger partial charge in [0.2, 0.25) is 0 Å². The molecule has 0 radical (unpaired) electrons. The van der Waals surface area contributed by atoms with E-state index in [4.69, 9.17) is 4.74 Å². The maximum atomic E-state index is 9.75. The van der Waals surface area contributed by atoms with Crippen molar-refractivity contribution in [3.63, 3.8) is 0 Å². The number of hydrogen-bond donors (Lipinski definition) is 2. The fourth-order valence-corrected chi connectivity index (χ4v) is 2.42. The molecule has 0 aliphatic heterocycles. The average molecular weight is 286 g/mol. The molecule has 0 heterocycles. The summed E-state index contributed by atoms with van der Waals surface area (Å²) in [6.07, 6.45) is -1.01. The van der Waals surface area contributed by atoms with Gasteiger partial charge in [0.05, 0.1) is 25.4 Å². The van der Waals surface area contributed by atoms with E-state index in [0.29, 0.717) is 13.2 Å². The van der Waals surface area contributed by atoms with E-state index in [1.165, 1.54) is 0 Å². The van der Waals surface area contributed by atoms with E-state index in [1.807, 2.05) is 48.5 Å². The van der Waals surface area contributed by atoms with Crippen LogP contribution in [0.3, 0.4) is 0 Å². The Balaban J connectivity index is 2.03. The van der Waals surface area contributed by atoms with Crippen LogP contribution >= 0.6 is 0 Å². The summed E-state index contributed by atoms with van der Waals surface area (Å²) in [7, 11) is 0. The number of ether oxygens (including phenoxy) is 1. The second-order valence-corrected chi connectivity index (χ2v) is 5.24. The van der Waals surface area contributed by atoms with Crippen molar-refractivity contribution in [3.8, 4) is 0 Å². The molecule has 0 amide bonds. The molecule has 0 aliphatic rings. The lowest BCUT2D eigenvalue weighted by atomic mass is 10.0. The van der Waals surface area contributed by atoms with Crippen molar-refractivity contribution in [2.24, 2.45) is 0 Å². The van der Waals surface area contributed by atoms with Crippen LogP contribution in [0.5, 0.6) is 0 Å². The zero-order chi connectivity index (χ0) is 15.2. The van der Waals surface area contributed by atoms with Crippen molar-refractivity contribution in [3.05, 3.63) is 70.8 Å². The fraction of sp³-hybridized carbons (Fsp3) is 0.333. The molecule has 2 atom stereocenters. The van der Waals surface area contributed by atoms with E-state index < -0.39 is 12.2 Å². The molecular formula is C18H22O3. The summed E-state index contributed by atoms with van der Waals surface area (Å²) in [6, 6.07) is 15.4. The molecule has 0 aliphatic carbocycles. The second-order valence-electron chi connectivity index (χ2n) is 5.24. The van der Waals surface area contributed by atoms with E-state index in [-0.39, 0.29) is 0 Å². The predicted molar refractivity (Wildman–Crippen MR) is 82.6 cm³/mol. The summed E-state index contributed by atoms with van der Waals surface area (Å²) >= 11 is 0. The monoisotopic (exact) mass is 286 g/mol. The van der Waals surface area contributed by atoms with Gasteiger partial charge >= 0.3 is 0 Å². The smallest absolute Gasteiger partial charge is 0.0765 e. The molecular weight excluding hydrogens is 264 g/mol. The van der Waals surface area contributed by atoms with Gasteiger partial charge < -0.3 is 14.9 Å². The molecule has 112 valence electrons. The Kier molecular flexibility index (Phi) is 5.51. The van der Waals surface area contributed by atoms with E-state index in [1.54, 1.807) is 13.8 Å². The van der Waals surface area contributed by atoms with Crippen LogP contribution in [0.2, 0.25) is 0 Å². The molecule has 0 spiro atoms. The lowest BCUT2D eigenvalue weighted by Gasteiger charge is -2.14. The van der Waals surface area contributed by atoms with Crippen molar-refractivity contribution in [2.45, 2.75) is 39.3 Å². The predicted octanol–water partition coefficient (Wildman–Crippen LogP) is 3.51. The minimum Gasteiger partial charge on any atom is -0.389 e. The minimum absolute atomic E-state index is 0.440. The zero-order valence-electron chi connectivity index (χ0n) is 12.5. The van der Waals surface area contributed by atoms with Crippen LogP contribution < -0.4 is 0 Å². The second kappa shape index (κ2) is 7.36. The van der Waals surface area contributed by atoms with Gasteiger partial charge in [0.15, 0.2) is 0 Å². The van der Waals surface area contributed by atoms with Gasteiger partial charge in [0, 0.05) is 0 Å². The van der Waals surface area contributed by atoms with Gasteiger partial charge in [-0.25, -0.2) is 0 Å². The molecule has 2 N–H and O–H groups in total. The van der Waals surface area contributed by atoms with Gasteiger partial charge in [0.1, 0.15) is 0 Å². The van der Waals surface area contributed by atoms with Gasteiger partial charge in [-0.3, -0.25) is 0 Å². The van der Waals surface area contributed by atoms with Crippen LogP contribution in [0.15, 0.2) is 48.5 Å². The molecule has 2 unspecified atom stereocenters. The lowest BCUT2D eigenvalue weighted by molar-refractivity contribution is 0.101. The SMILES string of the molecule is CC(O)c1ccccc1COCc1ccccc1C(C)O. The largest absolute Gasteiger partial charge is 0.389 e. The highest BCUT2D eigenvalue weighted by molar-refractivity contribution is 5.29. The number of benzene rings is 2. The first kappa shape index (κ1) is 15.7. The third-order valence-corrected chi connectivity index (χ3v) is 3.53. The van der Waals surface area contributed by atoms with Gasteiger partial charge in [-0.2, -0.15) is 0 Å². The number of rotatable bonds is 6. The summed E-state index contributed by atoms with van der Waals surface area (Å²) in [5.41, 5.74) is 3.76. The van der Waals surface area contributed by atoms with Crippen molar-refractivity contribution in [2.75, 3.05) is 0 Å². The number of aliphatic hydroxyl groups excluding tert-OH is 2. The highest BCUT2D eigenvalue weighted by Crippen LogP contribution is 2.21. The first-order valence-electron chi connectivity index (χ1n) is 7.19. The minimum atomic E-state index is -0.505. The zero-order valence-corrected chi connectivity index (χ0v) is 12.5. The van der Waals surface area contributed by atoms with Crippen LogP contribution in [0.4, 0.5) is 0 Å². The van der Waals surface area contributed by atoms with E-state index in [2.05, 4.69) is 0 Å². The van der Waals surface area contributed by atoms with Crippen LogP contribution in [-0.4, -0.2) is 10.2 Å². The number of aliphatic hydroxyl groups is 2. The summed E-state index contributed by atoms with van der Waals surface area (Å²) < 4.78 is 5.77. The molecule has 0 saturated carbocycles. The molecule has 0 aromatic heterocycles. The van der Waals surface area contributed by atoms with Crippen molar-refractivity contribution in [1.82, 2.24) is 0 Å². The van der Waals surface area contributed by atoms with Gasteiger partial charge in [-0.1, -0.05) is 48.5 Å². The third-order valence-electron chi connectivity index (χ3n) is 3.53. The van der Waals surface area contributed by atoms with Crippen molar-refractivity contribution >= 4 is 0 Å². The maximum absolute atomic E-state index is 9.75. The molecule has 21 heavy (non-hydrogen) atoms. The van der Waals surface area contributed by atoms with Crippen molar-refractivity contribution < 1.29 is 14.9 Å². The molecule has 2 rings (SSSR count). The molecule has 3 heteroatoms. The van der Waals surface area contributed by atoms with Crippen molar-refractivity contribution in [1.29, 1.82) is 0 Å². The molecule has 0 fully saturated rings. The van der Waals surface area contributed by atoms with Gasteiger partial charge in [-0.05, 0) is 36.1 Å².